The van der Waals surface area contributed by atoms with Crippen molar-refractivity contribution >= 4 is 23.2 Å². The molecule has 1 saturated carbocycles. The number of carbonyl (C=O) groups excluding carboxylic acids is 2. The highest BCUT2D eigenvalue weighted by Gasteiger charge is 2.41. The van der Waals surface area contributed by atoms with E-state index in [9.17, 15) is 9.59 Å². The number of aliphatic hydroxyl groups excluding tert-OH is 1. The Kier molecular flexibility index (Phi) is 5.14. The molecule has 0 bridgehead atoms. The van der Waals surface area contributed by atoms with Crippen molar-refractivity contribution in [2.45, 2.75) is 25.7 Å². The van der Waals surface area contributed by atoms with Crippen LogP contribution in [0.1, 0.15) is 36.0 Å². The lowest BCUT2D eigenvalue weighted by Crippen LogP contribution is -2.32. The number of rotatable bonds is 8. The van der Waals surface area contributed by atoms with E-state index >= 15 is 0 Å². The van der Waals surface area contributed by atoms with Crippen LogP contribution in [0.5, 0.6) is 0 Å². The Labute approximate surface area is 122 Å². The zero-order chi connectivity index (χ0) is 14.4. The molecular weight excluding hydrogens is 276 g/mol. The Morgan fingerprint density at radius 2 is 2.15 bits per heavy atom. The van der Waals surface area contributed by atoms with Gasteiger partial charge in [-0.15, -0.1) is 0 Å². The lowest BCUT2D eigenvalue weighted by Gasteiger charge is -2.12. The molecule has 110 valence electrons. The Hall–Kier alpha value is -1.40. The zero-order valence-electron chi connectivity index (χ0n) is 11.4. The molecule has 2 rings (SSSR count). The molecule has 1 aliphatic rings. The summed E-state index contributed by atoms with van der Waals surface area (Å²) in [6.45, 7) is 1.20. The molecule has 1 aliphatic carbocycles. The van der Waals surface area contributed by atoms with E-state index in [-0.39, 0.29) is 23.8 Å². The van der Waals surface area contributed by atoms with Crippen molar-refractivity contribution in [3.63, 3.8) is 0 Å². The van der Waals surface area contributed by atoms with Crippen LogP contribution in [0.25, 0.3) is 0 Å². The molecule has 0 aliphatic heterocycles. The first-order valence-corrected chi connectivity index (χ1v) is 7.77. The Morgan fingerprint density at radius 3 is 2.75 bits per heavy atom. The standard InChI is InChI=1S/C14H20N2O3S/c17-10-14(4-5-14)9-16-12(18)2-1-6-15-13(19)11-3-7-20-8-11/h3,7-8,17H,1-2,4-6,9-10H2,(H,15,19)(H,16,18). The Balaban J connectivity index is 1.54. The maximum Gasteiger partial charge on any atom is 0.252 e. The van der Waals surface area contributed by atoms with Crippen molar-refractivity contribution in [2.75, 3.05) is 19.7 Å². The topological polar surface area (TPSA) is 78.4 Å². The summed E-state index contributed by atoms with van der Waals surface area (Å²) in [5.74, 6) is -0.113. The molecule has 1 fully saturated rings. The summed E-state index contributed by atoms with van der Waals surface area (Å²) in [4.78, 5) is 23.2. The van der Waals surface area contributed by atoms with Gasteiger partial charge >= 0.3 is 0 Å². The molecule has 5 nitrogen and oxygen atoms in total. The number of aliphatic hydroxyl groups is 1. The van der Waals surface area contributed by atoms with Crippen molar-refractivity contribution in [2.24, 2.45) is 5.41 Å². The maximum atomic E-state index is 11.6. The van der Waals surface area contributed by atoms with Crippen LogP contribution in [0.2, 0.25) is 0 Å². The number of hydrogen-bond donors (Lipinski definition) is 3. The number of amides is 2. The van der Waals surface area contributed by atoms with E-state index in [4.69, 9.17) is 5.11 Å². The fraction of sp³-hybridized carbons (Fsp3) is 0.571. The maximum absolute atomic E-state index is 11.6. The Morgan fingerprint density at radius 1 is 1.35 bits per heavy atom. The van der Waals surface area contributed by atoms with E-state index in [0.29, 0.717) is 31.5 Å². The predicted molar refractivity (Wildman–Crippen MR) is 77.6 cm³/mol. The molecule has 1 aromatic heterocycles. The quantitative estimate of drug-likeness (QED) is 0.630. The van der Waals surface area contributed by atoms with Crippen molar-refractivity contribution in [3.8, 4) is 0 Å². The highest BCUT2D eigenvalue weighted by Crippen LogP contribution is 2.44. The van der Waals surface area contributed by atoms with Gasteiger partial charge < -0.3 is 15.7 Å². The molecule has 0 spiro atoms. The van der Waals surface area contributed by atoms with Crippen LogP contribution >= 0.6 is 11.3 Å². The van der Waals surface area contributed by atoms with Gasteiger partial charge in [-0.25, -0.2) is 0 Å². The number of hydrogen-bond acceptors (Lipinski definition) is 4. The number of nitrogens with one attached hydrogen (secondary N) is 2. The summed E-state index contributed by atoms with van der Waals surface area (Å²) in [5.41, 5.74) is 0.612. The first kappa shape index (κ1) is 15.0. The largest absolute Gasteiger partial charge is 0.396 e. The predicted octanol–water partition coefficient (Wildman–Crippen LogP) is 1.15. The van der Waals surface area contributed by atoms with Crippen LogP contribution < -0.4 is 10.6 Å². The summed E-state index contributed by atoms with van der Waals surface area (Å²) < 4.78 is 0. The van der Waals surface area contributed by atoms with E-state index in [2.05, 4.69) is 10.6 Å². The van der Waals surface area contributed by atoms with Crippen LogP contribution in [0.3, 0.4) is 0 Å². The first-order valence-electron chi connectivity index (χ1n) is 6.83. The van der Waals surface area contributed by atoms with Crippen LogP contribution in [0, 0.1) is 5.41 Å². The molecule has 1 aromatic rings. The zero-order valence-corrected chi connectivity index (χ0v) is 12.2. The van der Waals surface area contributed by atoms with Crippen LogP contribution in [0.4, 0.5) is 0 Å². The van der Waals surface area contributed by atoms with Crippen molar-refractivity contribution in [1.29, 1.82) is 0 Å². The van der Waals surface area contributed by atoms with Gasteiger partial charge in [0, 0.05) is 35.9 Å². The molecule has 20 heavy (non-hydrogen) atoms. The average Bonchev–Trinajstić information content (AvgIpc) is 3.03. The van der Waals surface area contributed by atoms with Gasteiger partial charge in [-0.3, -0.25) is 9.59 Å². The number of carbonyl (C=O) groups is 2. The molecule has 3 N–H and O–H groups in total. The molecule has 0 atom stereocenters. The van der Waals surface area contributed by atoms with E-state index in [1.807, 2.05) is 5.38 Å². The lowest BCUT2D eigenvalue weighted by atomic mass is 10.1. The fourth-order valence-corrected chi connectivity index (χ4v) is 2.52. The summed E-state index contributed by atoms with van der Waals surface area (Å²) in [6, 6.07) is 1.77. The van der Waals surface area contributed by atoms with E-state index in [1.165, 1.54) is 11.3 Å². The molecule has 1 heterocycles. The summed E-state index contributed by atoms with van der Waals surface area (Å²) in [7, 11) is 0. The van der Waals surface area contributed by atoms with Gasteiger partial charge in [-0.05, 0) is 30.7 Å². The lowest BCUT2D eigenvalue weighted by molar-refractivity contribution is -0.121. The summed E-state index contributed by atoms with van der Waals surface area (Å²) >= 11 is 1.48. The van der Waals surface area contributed by atoms with Crippen LogP contribution in [-0.2, 0) is 4.79 Å². The molecule has 0 unspecified atom stereocenters. The van der Waals surface area contributed by atoms with Gasteiger partial charge in [0.1, 0.15) is 0 Å². The minimum atomic E-state index is -0.0936. The highest BCUT2D eigenvalue weighted by molar-refractivity contribution is 7.08. The molecule has 6 heteroatoms. The fourth-order valence-electron chi connectivity index (χ4n) is 1.89. The van der Waals surface area contributed by atoms with E-state index in [0.717, 1.165) is 12.8 Å². The van der Waals surface area contributed by atoms with Gasteiger partial charge in [0.2, 0.25) is 5.91 Å². The third-order valence-corrected chi connectivity index (χ3v) is 4.29. The van der Waals surface area contributed by atoms with E-state index < -0.39 is 0 Å². The third-order valence-electron chi connectivity index (χ3n) is 3.60. The highest BCUT2D eigenvalue weighted by atomic mass is 32.1. The second kappa shape index (κ2) is 6.85. The van der Waals surface area contributed by atoms with Gasteiger partial charge in [0.15, 0.2) is 0 Å². The second-order valence-electron chi connectivity index (χ2n) is 5.31. The van der Waals surface area contributed by atoms with Gasteiger partial charge in [-0.1, -0.05) is 0 Å². The molecular formula is C14H20N2O3S. The van der Waals surface area contributed by atoms with Gasteiger partial charge in [0.25, 0.3) is 5.91 Å². The molecule has 0 radical (unpaired) electrons. The van der Waals surface area contributed by atoms with Crippen molar-refractivity contribution < 1.29 is 14.7 Å². The summed E-state index contributed by atoms with van der Waals surface area (Å²) in [6.07, 6.45) is 2.99. The van der Waals surface area contributed by atoms with Crippen LogP contribution in [-0.4, -0.2) is 36.6 Å². The van der Waals surface area contributed by atoms with Gasteiger partial charge in [0.05, 0.1) is 6.61 Å². The monoisotopic (exact) mass is 296 g/mol. The molecule has 2 amide bonds. The van der Waals surface area contributed by atoms with E-state index in [1.54, 1.807) is 11.4 Å². The first-order chi connectivity index (χ1) is 9.65. The normalized spacial score (nSPS) is 15.7. The SMILES string of the molecule is O=C(CCCNC(=O)c1ccsc1)NCC1(CO)CC1. The summed E-state index contributed by atoms with van der Waals surface area (Å²) in [5, 5.41) is 18.4. The smallest absolute Gasteiger partial charge is 0.252 e. The Bertz CT molecular complexity index is 455. The molecule has 0 aromatic carbocycles. The second-order valence-corrected chi connectivity index (χ2v) is 6.09. The minimum Gasteiger partial charge on any atom is -0.396 e. The number of thiophene rings is 1. The average molecular weight is 296 g/mol. The third kappa shape index (κ3) is 4.31. The minimum absolute atomic E-state index is 0.0190. The van der Waals surface area contributed by atoms with Crippen molar-refractivity contribution in [1.82, 2.24) is 10.6 Å². The van der Waals surface area contributed by atoms with Crippen LogP contribution in [0.15, 0.2) is 16.8 Å². The van der Waals surface area contributed by atoms with Gasteiger partial charge in [-0.2, -0.15) is 11.3 Å². The molecule has 0 saturated heterocycles. The van der Waals surface area contributed by atoms with Crippen molar-refractivity contribution in [3.05, 3.63) is 22.4 Å².